The maximum Gasteiger partial charge on any atom is 0.219 e. The Labute approximate surface area is 177 Å². The lowest BCUT2D eigenvalue weighted by atomic mass is 9.96. The van der Waals surface area contributed by atoms with E-state index in [1.54, 1.807) is 23.3 Å². The number of hydrogen-bond donors (Lipinski definition) is 2. The van der Waals surface area contributed by atoms with Gasteiger partial charge in [0, 0.05) is 36.8 Å². The lowest BCUT2D eigenvalue weighted by Gasteiger charge is -2.34. The van der Waals surface area contributed by atoms with Crippen molar-refractivity contribution in [3.05, 3.63) is 60.2 Å². The summed E-state index contributed by atoms with van der Waals surface area (Å²) in [7, 11) is 1.44. The minimum atomic E-state index is -0.808. The van der Waals surface area contributed by atoms with Crippen LogP contribution in [0.4, 0.5) is 5.95 Å². The highest BCUT2D eigenvalue weighted by Crippen LogP contribution is 2.53. The molecule has 3 heterocycles. The maximum atomic E-state index is 5.95. The van der Waals surface area contributed by atoms with Crippen molar-refractivity contribution >= 4 is 19.7 Å². The SMILES string of the molecule is Cn1cc(C2(C)N=C([C@](C)(c3ccc(-c4cnc(N)nc4)cc3)P(C)C)NO2)cn1. The number of aryl methyl sites for hydroxylation is 1. The van der Waals surface area contributed by atoms with E-state index in [4.69, 9.17) is 15.6 Å². The van der Waals surface area contributed by atoms with Crippen molar-refractivity contribution in [1.29, 1.82) is 0 Å². The third kappa shape index (κ3) is 3.46. The van der Waals surface area contributed by atoms with Crippen LogP contribution in [-0.4, -0.2) is 38.9 Å². The lowest BCUT2D eigenvalue weighted by Crippen LogP contribution is -2.38. The second kappa shape index (κ2) is 7.45. The van der Waals surface area contributed by atoms with Crippen LogP contribution in [0.2, 0.25) is 0 Å². The molecule has 4 rings (SSSR count). The van der Waals surface area contributed by atoms with Crippen LogP contribution < -0.4 is 11.2 Å². The summed E-state index contributed by atoms with van der Waals surface area (Å²) in [6.45, 7) is 8.66. The van der Waals surface area contributed by atoms with Crippen molar-refractivity contribution in [2.45, 2.75) is 24.7 Å². The van der Waals surface area contributed by atoms with E-state index >= 15 is 0 Å². The monoisotopic (exact) mass is 423 g/mol. The first kappa shape index (κ1) is 20.4. The van der Waals surface area contributed by atoms with E-state index in [0.717, 1.165) is 22.5 Å². The molecule has 3 aromatic rings. The molecule has 1 aliphatic rings. The average molecular weight is 423 g/mol. The summed E-state index contributed by atoms with van der Waals surface area (Å²) < 4.78 is 1.75. The molecule has 0 radical (unpaired) electrons. The second-order valence-corrected chi connectivity index (χ2v) is 10.6. The smallest absolute Gasteiger partial charge is 0.219 e. The predicted molar refractivity (Wildman–Crippen MR) is 120 cm³/mol. The highest BCUT2D eigenvalue weighted by Gasteiger charge is 2.44. The number of amidine groups is 1. The average Bonchev–Trinajstić information content (AvgIpc) is 3.35. The fraction of sp³-hybridized carbons (Fsp3) is 0.333. The van der Waals surface area contributed by atoms with Gasteiger partial charge in [0.2, 0.25) is 11.7 Å². The Hall–Kier alpha value is -2.83. The van der Waals surface area contributed by atoms with E-state index in [0.29, 0.717) is 0 Å². The molecule has 0 aliphatic carbocycles. The Balaban J connectivity index is 1.69. The van der Waals surface area contributed by atoms with Crippen molar-refractivity contribution in [3.8, 4) is 11.1 Å². The quantitative estimate of drug-likeness (QED) is 0.611. The van der Waals surface area contributed by atoms with E-state index in [-0.39, 0.29) is 11.1 Å². The number of aliphatic imine (C=N–C) groups is 1. The van der Waals surface area contributed by atoms with Crippen LogP contribution in [-0.2, 0) is 22.8 Å². The maximum absolute atomic E-state index is 5.95. The van der Waals surface area contributed by atoms with Crippen molar-refractivity contribution in [3.63, 3.8) is 0 Å². The van der Waals surface area contributed by atoms with Gasteiger partial charge in [-0.15, -0.1) is 0 Å². The Morgan fingerprint density at radius 1 is 1.10 bits per heavy atom. The number of hydroxylamine groups is 1. The molecule has 0 fully saturated rings. The fourth-order valence-electron chi connectivity index (χ4n) is 3.48. The lowest BCUT2D eigenvalue weighted by molar-refractivity contribution is -0.0459. The molecule has 1 unspecified atom stereocenters. The topological polar surface area (TPSA) is 103 Å². The number of aromatic nitrogens is 4. The number of anilines is 1. The van der Waals surface area contributed by atoms with Gasteiger partial charge in [-0.25, -0.2) is 25.3 Å². The highest BCUT2D eigenvalue weighted by molar-refractivity contribution is 7.58. The summed E-state index contributed by atoms with van der Waals surface area (Å²) in [6, 6.07) is 8.44. The number of nitrogens with two attached hydrogens (primary N) is 1. The van der Waals surface area contributed by atoms with Crippen molar-refractivity contribution in [2.24, 2.45) is 12.0 Å². The molecule has 9 heteroatoms. The molecule has 8 nitrogen and oxygen atoms in total. The number of rotatable bonds is 5. The highest BCUT2D eigenvalue weighted by atomic mass is 31.1. The second-order valence-electron chi connectivity index (χ2n) is 7.92. The van der Waals surface area contributed by atoms with Crippen molar-refractivity contribution < 1.29 is 4.84 Å². The third-order valence-electron chi connectivity index (χ3n) is 5.72. The zero-order valence-electron chi connectivity index (χ0n) is 17.8. The van der Waals surface area contributed by atoms with Gasteiger partial charge in [0.25, 0.3) is 0 Å². The number of benzene rings is 1. The van der Waals surface area contributed by atoms with E-state index < -0.39 is 13.6 Å². The minimum absolute atomic E-state index is 0.271. The van der Waals surface area contributed by atoms with E-state index in [9.17, 15) is 0 Å². The van der Waals surface area contributed by atoms with Crippen LogP contribution in [0.5, 0.6) is 0 Å². The number of hydrogen-bond acceptors (Lipinski definition) is 7. The molecule has 2 atom stereocenters. The van der Waals surface area contributed by atoms with Crippen LogP contribution in [0.25, 0.3) is 11.1 Å². The third-order valence-corrected chi connectivity index (χ3v) is 7.98. The Morgan fingerprint density at radius 2 is 1.77 bits per heavy atom. The van der Waals surface area contributed by atoms with E-state index in [1.807, 2.05) is 20.2 Å². The van der Waals surface area contributed by atoms with Gasteiger partial charge >= 0.3 is 0 Å². The van der Waals surface area contributed by atoms with Gasteiger partial charge in [-0.1, -0.05) is 32.2 Å². The first-order chi connectivity index (χ1) is 14.2. The molecule has 0 bridgehead atoms. The Kier molecular flexibility index (Phi) is 5.08. The molecule has 2 aromatic heterocycles. The molecule has 3 N–H and O–H groups in total. The van der Waals surface area contributed by atoms with Crippen LogP contribution in [0.15, 0.2) is 54.0 Å². The van der Waals surface area contributed by atoms with Gasteiger partial charge in [0.1, 0.15) is 5.84 Å². The van der Waals surface area contributed by atoms with Gasteiger partial charge in [-0.2, -0.15) is 5.10 Å². The van der Waals surface area contributed by atoms with Crippen LogP contribution in [0, 0.1) is 0 Å². The summed E-state index contributed by atoms with van der Waals surface area (Å²) in [5.74, 6) is 1.10. The molecule has 0 saturated carbocycles. The molecule has 1 aliphatic heterocycles. The molecular formula is C21H26N7OP. The number of nitrogens with one attached hydrogen (secondary N) is 1. The molecule has 156 valence electrons. The van der Waals surface area contributed by atoms with Crippen molar-refractivity contribution in [2.75, 3.05) is 19.1 Å². The van der Waals surface area contributed by atoms with Crippen LogP contribution in [0.3, 0.4) is 0 Å². The molecule has 0 amide bonds. The summed E-state index contributed by atoms with van der Waals surface area (Å²) in [5.41, 5.74) is 12.0. The Morgan fingerprint density at radius 3 is 2.33 bits per heavy atom. The van der Waals surface area contributed by atoms with E-state index in [2.05, 4.69) is 65.1 Å². The van der Waals surface area contributed by atoms with Crippen LogP contribution >= 0.6 is 7.92 Å². The molecular weight excluding hydrogens is 397 g/mol. The van der Waals surface area contributed by atoms with Crippen LogP contribution in [0.1, 0.15) is 25.0 Å². The molecule has 0 saturated heterocycles. The standard InChI is InChI=1S/C21H26N7OP/c1-20(30(4)5,18-26-21(2,29-27-18)17-12-25-28(3)13-17)16-8-6-14(7-9-16)15-10-23-19(22)24-11-15/h6-13H,1-5H3,(H,26,27)(H2,22,23,24)/t20-,21?/m0/s1. The fourth-order valence-corrected chi connectivity index (χ4v) is 4.66. The number of nitrogens with zero attached hydrogens (tertiary/aromatic N) is 5. The zero-order valence-corrected chi connectivity index (χ0v) is 18.7. The summed E-state index contributed by atoms with van der Waals surface area (Å²) in [4.78, 5) is 19.1. The first-order valence-corrected chi connectivity index (χ1v) is 11.9. The van der Waals surface area contributed by atoms with Gasteiger partial charge in [-0.05, 0) is 38.3 Å². The summed E-state index contributed by atoms with van der Waals surface area (Å²) in [5, 5.41) is 3.96. The Bertz CT molecular complexity index is 1080. The van der Waals surface area contributed by atoms with Gasteiger partial charge in [0.05, 0.1) is 11.4 Å². The largest absolute Gasteiger partial charge is 0.368 e. The summed E-state index contributed by atoms with van der Waals surface area (Å²) in [6.07, 6.45) is 7.18. The molecule has 1 aromatic carbocycles. The minimum Gasteiger partial charge on any atom is -0.368 e. The van der Waals surface area contributed by atoms with Gasteiger partial charge < -0.3 is 5.73 Å². The van der Waals surface area contributed by atoms with Crippen molar-refractivity contribution in [1.82, 2.24) is 25.2 Å². The number of nitrogen functional groups attached to an aromatic ring is 1. The summed E-state index contributed by atoms with van der Waals surface area (Å²) >= 11 is 0. The zero-order chi connectivity index (χ0) is 21.5. The first-order valence-electron chi connectivity index (χ1n) is 9.62. The van der Waals surface area contributed by atoms with Gasteiger partial charge in [0.15, 0.2) is 0 Å². The molecule has 0 spiro atoms. The molecule has 30 heavy (non-hydrogen) atoms. The normalized spacial score (nSPS) is 20.7. The van der Waals surface area contributed by atoms with Gasteiger partial charge in [-0.3, -0.25) is 4.68 Å². The predicted octanol–water partition coefficient (Wildman–Crippen LogP) is 3.22. The van der Waals surface area contributed by atoms with E-state index in [1.165, 1.54) is 5.56 Å².